The zero-order valence-electron chi connectivity index (χ0n) is 18.8. The van der Waals surface area contributed by atoms with Crippen molar-refractivity contribution >= 4 is 11.8 Å². The molecular weight excluding hydrogens is 374 g/mol. The lowest BCUT2D eigenvalue weighted by atomic mass is 9.69. The first kappa shape index (κ1) is 23.9. The maximum atomic E-state index is 12.8. The number of hydrogen-bond donors (Lipinski definition) is 1. The van der Waals surface area contributed by atoms with Crippen molar-refractivity contribution < 1.29 is 9.59 Å². The summed E-state index contributed by atoms with van der Waals surface area (Å²) in [6, 6.07) is 12.2. The normalized spacial score (nSPS) is 18.1. The van der Waals surface area contributed by atoms with Gasteiger partial charge in [-0.2, -0.15) is 5.26 Å². The summed E-state index contributed by atoms with van der Waals surface area (Å²) in [5, 5.41) is 13.0. The fraction of sp³-hybridized carbons (Fsp3) is 0.640. The summed E-state index contributed by atoms with van der Waals surface area (Å²) < 4.78 is 0. The highest BCUT2D eigenvalue weighted by molar-refractivity contribution is 5.88. The summed E-state index contributed by atoms with van der Waals surface area (Å²) in [5.74, 6) is 0.243. The molecule has 1 aromatic rings. The first-order valence-electron chi connectivity index (χ1n) is 11.5. The van der Waals surface area contributed by atoms with Crippen molar-refractivity contribution in [2.45, 2.75) is 83.6 Å². The summed E-state index contributed by atoms with van der Waals surface area (Å²) in [6.07, 6.45) is 6.36. The molecule has 164 valence electrons. The molecule has 1 fully saturated rings. The highest BCUT2D eigenvalue weighted by atomic mass is 16.2. The van der Waals surface area contributed by atoms with Crippen molar-refractivity contribution in [3.8, 4) is 6.07 Å². The molecule has 1 aliphatic rings. The second-order valence-corrected chi connectivity index (χ2v) is 8.70. The van der Waals surface area contributed by atoms with Gasteiger partial charge in [0.05, 0.1) is 11.5 Å². The van der Waals surface area contributed by atoms with E-state index in [0.717, 1.165) is 50.5 Å². The minimum atomic E-state index is -0.528. The number of amides is 2. The molecule has 0 bridgehead atoms. The van der Waals surface area contributed by atoms with Crippen LogP contribution in [0.3, 0.4) is 0 Å². The van der Waals surface area contributed by atoms with Crippen LogP contribution in [0.1, 0.15) is 77.7 Å². The number of benzene rings is 1. The van der Waals surface area contributed by atoms with Crippen molar-refractivity contribution in [3.05, 3.63) is 35.9 Å². The fourth-order valence-corrected chi connectivity index (χ4v) is 4.42. The molecule has 0 aliphatic carbocycles. The van der Waals surface area contributed by atoms with Gasteiger partial charge in [0.2, 0.25) is 11.8 Å². The van der Waals surface area contributed by atoms with Crippen LogP contribution in [0.15, 0.2) is 30.3 Å². The molecule has 0 spiro atoms. The van der Waals surface area contributed by atoms with Crippen LogP contribution in [0.5, 0.6) is 0 Å². The largest absolute Gasteiger partial charge is 0.354 e. The van der Waals surface area contributed by atoms with Crippen LogP contribution in [0.4, 0.5) is 0 Å². The van der Waals surface area contributed by atoms with Gasteiger partial charge in [-0.25, -0.2) is 0 Å². The lowest BCUT2D eigenvalue weighted by molar-refractivity contribution is -0.138. The van der Waals surface area contributed by atoms with Crippen LogP contribution in [0.25, 0.3) is 0 Å². The first-order chi connectivity index (χ1) is 14.5. The second kappa shape index (κ2) is 11.7. The van der Waals surface area contributed by atoms with Crippen molar-refractivity contribution in [1.29, 1.82) is 5.26 Å². The Hall–Kier alpha value is -2.35. The van der Waals surface area contributed by atoms with Crippen LogP contribution < -0.4 is 5.32 Å². The number of carbonyl (C=O) groups excluding carboxylic acids is 2. The van der Waals surface area contributed by atoms with E-state index >= 15 is 0 Å². The summed E-state index contributed by atoms with van der Waals surface area (Å²) in [6.45, 7) is 7.62. The number of nitriles is 1. The molecule has 0 radical (unpaired) electrons. The predicted octanol–water partition coefficient (Wildman–Crippen LogP) is 4.57. The lowest BCUT2D eigenvalue weighted by Gasteiger charge is -2.31. The third-order valence-electron chi connectivity index (χ3n) is 6.39. The van der Waals surface area contributed by atoms with Crippen molar-refractivity contribution in [1.82, 2.24) is 10.2 Å². The number of nitrogens with one attached hydrogen (secondary N) is 1. The molecule has 5 heteroatoms. The predicted molar refractivity (Wildman–Crippen MR) is 120 cm³/mol. The van der Waals surface area contributed by atoms with Gasteiger partial charge >= 0.3 is 0 Å². The Morgan fingerprint density at radius 3 is 2.60 bits per heavy atom. The number of hydrogen-bond acceptors (Lipinski definition) is 3. The quantitative estimate of drug-likeness (QED) is 0.542. The van der Waals surface area contributed by atoms with E-state index in [1.807, 2.05) is 30.3 Å². The standard InChI is InChI=1S/C25H37N3O2/c1-4-5-17-27-24(30)22-14-11-18-28(22)23(29)15-9-10-16-25(19-26,20(2)3)21-12-7-6-8-13-21/h6-8,12-13,20,22H,4-5,9-11,14-18H2,1-3H3,(H,27,30)/t22-,25+/m1/s1. The molecule has 1 heterocycles. The van der Waals surface area contributed by atoms with E-state index in [2.05, 4.69) is 32.2 Å². The monoisotopic (exact) mass is 411 g/mol. The van der Waals surface area contributed by atoms with E-state index in [1.165, 1.54) is 0 Å². The molecule has 5 nitrogen and oxygen atoms in total. The third-order valence-corrected chi connectivity index (χ3v) is 6.39. The van der Waals surface area contributed by atoms with Crippen LogP contribution in [0.2, 0.25) is 0 Å². The third kappa shape index (κ3) is 5.84. The molecule has 1 aromatic carbocycles. The lowest BCUT2D eigenvalue weighted by Crippen LogP contribution is -2.46. The van der Waals surface area contributed by atoms with E-state index in [-0.39, 0.29) is 23.8 Å². The van der Waals surface area contributed by atoms with Gasteiger partial charge in [-0.05, 0) is 43.6 Å². The Morgan fingerprint density at radius 2 is 1.97 bits per heavy atom. The van der Waals surface area contributed by atoms with Crippen molar-refractivity contribution in [2.75, 3.05) is 13.1 Å². The highest BCUT2D eigenvalue weighted by Gasteiger charge is 2.36. The van der Waals surface area contributed by atoms with Crippen LogP contribution >= 0.6 is 0 Å². The van der Waals surface area contributed by atoms with Gasteiger partial charge in [0.1, 0.15) is 6.04 Å². The Bertz CT molecular complexity index is 726. The number of likely N-dealkylation sites (tertiary alicyclic amines) is 1. The fourth-order valence-electron chi connectivity index (χ4n) is 4.42. The zero-order valence-corrected chi connectivity index (χ0v) is 18.8. The van der Waals surface area contributed by atoms with Gasteiger partial charge in [-0.15, -0.1) is 0 Å². The van der Waals surface area contributed by atoms with Crippen LogP contribution in [-0.2, 0) is 15.0 Å². The van der Waals surface area contributed by atoms with Gasteiger partial charge in [0.25, 0.3) is 0 Å². The summed E-state index contributed by atoms with van der Waals surface area (Å²) in [4.78, 5) is 27.0. The minimum absolute atomic E-state index is 0.0123. The van der Waals surface area contributed by atoms with Crippen molar-refractivity contribution in [3.63, 3.8) is 0 Å². The second-order valence-electron chi connectivity index (χ2n) is 8.70. The van der Waals surface area contributed by atoms with Gasteiger partial charge in [0.15, 0.2) is 0 Å². The molecular formula is C25H37N3O2. The van der Waals surface area contributed by atoms with Crippen molar-refractivity contribution in [2.24, 2.45) is 5.92 Å². The molecule has 2 rings (SSSR count). The number of rotatable bonds is 11. The van der Waals surface area contributed by atoms with E-state index in [1.54, 1.807) is 4.90 Å². The number of nitrogens with zero attached hydrogens (tertiary/aromatic N) is 2. The molecule has 0 aromatic heterocycles. The van der Waals surface area contributed by atoms with Gasteiger partial charge in [0, 0.05) is 19.5 Å². The molecule has 1 aliphatic heterocycles. The minimum Gasteiger partial charge on any atom is -0.354 e. The van der Waals surface area contributed by atoms with E-state index in [4.69, 9.17) is 0 Å². The van der Waals surface area contributed by atoms with Gasteiger partial charge in [-0.1, -0.05) is 63.9 Å². The van der Waals surface area contributed by atoms with Crippen LogP contribution in [-0.4, -0.2) is 35.8 Å². The summed E-state index contributed by atoms with van der Waals surface area (Å²) in [5.41, 5.74) is 0.525. The Labute approximate surface area is 181 Å². The first-order valence-corrected chi connectivity index (χ1v) is 11.5. The Kier molecular flexibility index (Phi) is 9.36. The van der Waals surface area contributed by atoms with E-state index in [9.17, 15) is 14.9 Å². The molecule has 30 heavy (non-hydrogen) atoms. The maximum Gasteiger partial charge on any atom is 0.242 e. The van der Waals surface area contributed by atoms with Crippen LogP contribution in [0, 0.1) is 17.2 Å². The molecule has 0 saturated carbocycles. The summed E-state index contributed by atoms with van der Waals surface area (Å²) in [7, 11) is 0. The Morgan fingerprint density at radius 1 is 1.23 bits per heavy atom. The zero-order chi connectivity index (χ0) is 22.0. The number of unbranched alkanes of at least 4 members (excludes halogenated alkanes) is 2. The molecule has 0 unspecified atom stereocenters. The topological polar surface area (TPSA) is 73.2 Å². The maximum absolute atomic E-state index is 12.8. The molecule has 1 saturated heterocycles. The highest BCUT2D eigenvalue weighted by Crippen LogP contribution is 2.37. The summed E-state index contributed by atoms with van der Waals surface area (Å²) >= 11 is 0. The smallest absolute Gasteiger partial charge is 0.242 e. The molecule has 2 amide bonds. The average Bonchev–Trinajstić information content (AvgIpc) is 3.24. The van der Waals surface area contributed by atoms with E-state index in [0.29, 0.717) is 19.5 Å². The Balaban J connectivity index is 1.88. The van der Waals surface area contributed by atoms with Gasteiger partial charge in [-0.3, -0.25) is 9.59 Å². The SMILES string of the molecule is CCCCNC(=O)[C@H]1CCCN1C(=O)CCCC[C@@](C#N)(c1ccccc1)C(C)C. The molecule has 2 atom stereocenters. The molecule has 1 N–H and O–H groups in total. The van der Waals surface area contributed by atoms with E-state index < -0.39 is 5.41 Å². The average molecular weight is 412 g/mol. The van der Waals surface area contributed by atoms with Gasteiger partial charge < -0.3 is 10.2 Å². The number of carbonyl (C=O) groups is 2.